The van der Waals surface area contributed by atoms with Crippen LogP contribution in [0.5, 0.6) is 0 Å². The van der Waals surface area contributed by atoms with E-state index in [-0.39, 0.29) is 24.6 Å². The van der Waals surface area contributed by atoms with Gasteiger partial charge in [-0.05, 0) is 32.4 Å². The maximum Gasteiger partial charge on any atom is 0.310 e. The second-order valence-electron chi connectivity index (χ2n) is 6.13. The van der Waals surface area contributed by atoms with E-state index in [0.29, 0.717) is 11.3 Å². The minimum Gasteiger partial charge on any atom is -0.459 e. The number of aryl methyl sites for hydroxylation is 3. The van der Waals surface area contributed by atoms with Gasteiger partial charge in [0.05, 0.1) is 17.8 Å². The highest BCUT2D eigenvalue weighted by Gasteiger charge is 2.15. The first kappa shape index (κ1) is 16.9. The molecule has 130 valence electrons. The number of rotatable bonds is 4. The Morgan fingerprint density at radius 1 is 1.24 bits per heavy atom. The van der Waals surface area contributed by atoms with E-state index in [0.717, 1.165) is 22.5 Å². The van der Waals surface area contributed by atoms with Gasteiger partial charge in [0.2, 0.25) is 0 Å². The third-order valence-corrected chi connectivity index (χ3v) is 4.22. The van der Waals surface area contributed by atoms with Crippen LogP contribution in [0.1, 0.15) is 28.2 Å². The van der Waals surface area contributed by atoms with Crippen LogP contribution in [0.25, 0.3) is 5.65 Å². The molecule has 7 heteroatoms. The summed E-state index contributed by atoms with van der Waals surface area (Å²) in [6.45, 7) is 5.65. The van der Waals surface area contributed by atoms with Crippen molar-refractivity contribution in [3.05, 3.63) is 63.0 Å². The summed E-state index contributed by atoms with van der Waals surface area (Å²) < 4.78 is 8.51. The van der Waals surface area contributed by atoms with Gasteiger partial charge in [0.1, 0.15) is 12.3 Å². The van der Waals surface area contributed by atoms with Crippen LogP contribution in [0.15, 0.2) is 29.2 Å². The third-order valence-electron chi connectivity index (χ3n) is 4.22. The quantitative estimate of drug-likeness (QED) is 0.675. The van der Waals surface area contributed by atoms with Crippen LogP contribution in [0.2, 0.25) is 0 Å². The number of carbonyl (C=O) groups excluding carboxylic acids is 1. The summed E-state index contributed by atoms with van der Waals surface area (Å²) in [5.41, 5.74) is 4.36. The van der Waals surface area contributed by atoms with Gasteiger partial charge in [-0.3, -0.25) is 18.7 Å². The van der Waals surface area contributed by atoms with E-state index in [1.807, 2.05) is 33.9 Å². The van der Waals surface area contributed by atoms with Crippen molar-refractivity contribution >= 4 is 11.6 Å². The van der Waals surface area contributed by atoms with Crippen LogP contribution < -0.4 is 5.56 Å². The fraction of sp³-hybridized carbons (Fsp3) is 0.333. The van der Waals surface area contributed by atoms with E-state index in [4.69, 9.17) is 4.74 Å². The molecule has 3 rings (SSSR count). The predicted molar refractivity (Wildman–Crippen MR) is 92.4 cm³/mol. The number of carbonyl (C=O) groups is 1. The molecular formula is C18H20N4O3. The van der Waals surface area contributed by atoms with E-state index in [1.54, 1.807) is 16.9 Å². The Bertz CT molecular complexity index is 1020. The summed E-state index contributed by atoms with van der Waals surface area (Å²) in [7, 11) is 1.84. The van der Waals surface area contributed by atoms with Crippen LogP contribution in [-0.4, -0.2) is 25.1 Å². The van der Waals surface area contributed by atoms with Crippen molar-refractivity contribution in [1.82, 2.24) is 19.2 Å². The molecule has 0 unspecified atom stereocenters. The standard InChI is InChI=1S/C18H20N4O3/c1-11-5-6-16-19-14(7-17(23)22(16)9-11)10-25-18(24)8-15-12(2)20-21(4)13(15)3/h5-7,9H,8,10H2,1-4H3. The van der Waals surface area contributed by atoms with E-state index in [1.165, 1.54) is 10.5 Å². The van der Waals surface area contributed by atoms with Crippen molar-refractivity contribution in [2.75, 3.05) is 0 Å². The second-order valence-corrected chi connectivity index (χ2v) is 6.13. The molecule has 0 aliphatic rings. The molecule has 0 N–H and O–H groups in total. The average molecular weight is 340 g/mol. The molecule has 0 saturated heterocycles. The van der Waals surface area contributed by atoms with Gasteiger partial charge >= 0.3 is 5.97 Å². The fourth-order valence-electron chi connectivity index (χ4n) is 2.76. The minimum absolute atomic E-state index is 0.0309. The van der Waals surface area contributed by atoms with E-state index in [2.05, 4.69) is 10.1 Å². The number of fused-ring (bicyclic) bond motifs is 1. The van der Waals surface area contributed by atoms with Crippen LogP contribution in [0.3, 0.4) is 0 Å². The Labute approximate surface area is 144 Å². The Morgan fingerprint density at radius 3 is 2.68 bits per heavy atom. The highest BCUT2D eigenvalue weighted by molar-refractivity contribution is 5.73. The van der Waals surface area contributed by atoms with Crippen molar-refractivity contribution in [1.29, 1.82) is 0 Å². The van der Waals surface area contributed by atoms with Crippen molar-refractivity contribution in [2.45, 2.75) is 33.8 Å². The van der Waals surface area contributed by atoms with E-state index >= 15 is 0 Å². The van der Waals surface area contributed by atoms with Crippen molar-refractivity contribution in [3.63, 3.8) is 0 Å². The second kappa shape index (κ2) is 6.51. The number of hydrogen-bond donors (Lipinski definition) is 0. The van der Waals surface area contributed by atoms with E-state index in [9.17, 15) is 9.59 Å². The zero-order valence-electron chi connectivity index (χ0n) is 14.7. The Morgan fingerprint density at radius 2 is 2.00 bits per heavy atom. The van der Waals surface area contributed by atoms with Gasteiger partial charge in [0.15, 0.2) is 0 Å². The largest absolute Gasteiger partial charge is 0.459 e. The van der Waals surface area contributed by atoms with Gasteiger partial charge in [-0.2, -0.15) is 5.10 Å². The topological polar surface area (TPSA) is 78.5 Å². The van der Waals surface area contributed by atoms with Crippen LogP contribution >= 0.6 is 0 Å². The Hall–Kier alpha value is -2.96. The SMILES string of the molecule is Cc1ccc2nc(COC(=O)Cc3c(C)nn(C)c3C)cc(=O)n2c1. The molecule has 0 aliphatic heterocycles. The highest BCUT2D eigenvalue weighted by atomic mass is 16.5. The number of pyridine rings is 1. The van der Waals surface area contributed by atoms with Gasteiger partial charge in [-0.15, -0.1) is 0 Å². The zero-order valence-corrected chi connectivity index (χ0v) is 14.7. The molecule has 0 radical (unpaired) electrons. The molecule has 0 spiro atoms. The molecule has 0 aliphatic carbocycles. The van der Waals surface area contributed by atoms with Gasteiger partial charge in [0.25, 0.3) is 5.56 Å². The molecule has 0 aromatic carbocycles. The summed E-state index contributed by atoms with van der Waals surface area (Å²) >= 11 is 0. The maximum absolute atomic E-state index is 12.2. The molecule has 0 amide bonds. The Balaban J connectivity index is 1.73. The molecule has 0 atom stereocenters. The Kier molecular flexibility index (Phi) is 4.39. The molecule has 7 nitrogen and oxygen atoms in total. The molecule has 0 saturated carbocycles. The average Bonchev–Trinajstić information content (AvgIpc) is 2.80. The molecule has 0 bridgehead atoms. The van der Waals surface area contributed by atoms with Gasteiger partial charge in [-0.25, -0.2) is 4.98 Å². The summed E-state index contributed by atoms with van der Waals surface area (Å²) in [4.78, 5) is 28.6. The summed E-state index contributed by atoms with van der Waals surface area (Å²) in [5.74, 6) is -0.370. The van der Waals surface area contributed by atoms with Crippen molar-refractivity contribution < 1.29 is 9.53 Å². The molecule has 25 heavy (non-hydrogen) atoms. The fourth-order valence-corrected chi connectivity index (χ4v) is 2.76. The predicted octanol–water partition coefficient (Wildman–Crippen LogP) is 1.64. The smallest absolute Gasteiger partial charge is 0.310 e. The lowest BCUT2D eigenvalue weighted by molar-refractivity contribution is -0.144. The summed E-state index contributed by atoms with van der Waals surface area (Å²) in [6.07, 6.45) is 1.88. The normalized spacial score (nSPS) is 11.0. The zero-order chi connectivity index (χ0) is 18.1. The molecule has 3 heterocycles. The van der Waals surface area contributed by atoms with Crippen LogP contribution in [-0.2, 0) is 29.6 Å². The monoisotopic (exact) mass is 340 g/mol. The minimum atomic E-state index is -0.370. The van der Waals surface area contributed by atoms with Gasteiger partial charge < -0.3 is 4.74 Å². The lowest BCUT2D eigenvalue weighted by atomic mass is 10.1. The first-order valence-corrected chi connectivity index (χ1v) is 7.99. The van der Waals surface area contributed by atoms with Gasteiger partial charge in [-0.1, -0.05) is 6.07 Å². The lowest BCUT2D eigenvalue weighted by Gasteiger charge is -2.07. The number of ether oxygens (including phenoxy) is 1. The summed E-state index contributed by atoms with van der Waals surface area (Å²) in [6, 6.07) is 5.04. The highest BCUT2D eigenvalue weighted by Crippen LogP contribution is 2.13. The van der Waals surface area contributed by atoms with Crippen molar-refractivity contribution in [2.24, 2.45) is 7.05 Å². The number of aromatic nitrogens is 4. The molecule has 0 fully saturated rings. The van der Waals surface area contributed by atoms with Crippen molar-refractivity contribution in [3.8, 4) is 0 Å². The third kappa shape index (κ3) is 3.45. The first-order valence-electron chi connectivity index (χ1n) is 7.99. The molecule has 3 aromatic heterocycles. The van der Waals surface area contributed by atoms with E-state index < -0.39 is 0 Å². The van der Waals surface area contributed by atoms with Crippen LogP contribution in [0, 0.1) is 20.8 Å². The number of esters is 1. The lowest BCUT2D eigenvalue weighted by Crippen LogP contribution is -2.17. The van der Waals surface area contributed by atoms with Gasteiger partial charge in [0, 0.05) is 30.6 Å². The first-order chi connectivity index (χ1) is 11.8. The number of hydrogen-bond acceptors (Lipinski definition) is 5. The molecular weight excluding hydrogens is 320 g/mol. The number of nitrogens with zero attached hydrogens (tertiary/aromatic N) is 4. The summed E-state index contributed by atoms with van der Waals surface area (Å²) in [5, 5.41) is 4.29. The maximum atomic E-state index is 12.2. The molecule has 3 aromatic rings. The van der Waals surface area contributed by atoms with Crippen LogP contribution in [0.4, 0.5) is 0 Å².